The van der Waals surface area contributed by atoms with Crippen molar-refractivity contribution in [2.24, 2.45) is 0 Å². The average Bonchev–Trinajstić information content (AvgIpc) is 2.93. The summed E-state index contributed by atoms with van der Waals surface area (Å²) in [6.07, 6.45) is -0.0342. The Labute approximate surface area is 162 Å². The predicted octanol–water partition coefficient (Wildman–Crippen LogP) is 3.03. The third-order valence-corrected chi connectivity index (χ3v) is 4.77. The van der Waals surface area contributed by atoms with E-state index in [1.54, 1.807) is 36.4 Å². The molecule has 0 bridgehead atoms. The molecule has 0 aliphatic carbocycles. The van der Waals surface area contributed by atoms with E-state index in [2.05, 4.69) is 24.7 Å². The van der Waals surface area contributed by atoms with Crippen LogP contribution in [0, 0.1) is 0 Å². The molecule has 140 valence electrons. The summed E-state index contributed by atoms with van der Waals surface area (Å²) < 4.78 is 0. The first kappa shape index (κ1) is 19.1. The third-order valence-electron chi connectivity index (χ3n) is 4.44. The highest BCUT2D eigenvalue weighted by atomic mass is 35.5. The zero-order valence-corrected chi connectivity index (χ0v) is 15.8. The van der Waals surface area contributed by atoms with Crippen LogP contribution in [0.15, 0.2) is 48.5 Å². The van der Waals surface area contributed by atoms with Gasteiger partial charge >= 0.3 is 0 Å². The topological polar surface area (TPSA) is 78.5 Å². The van der Waals surface area contributed by atoms with Gasteiger partial charge in [-0.3, -0.25) is 19.8 Å². The quantitative estimate of drug-likeness (QED) is 0.612. The fraction of sp³-hybridized carbons (Fsp3) is 0.250. The molecule has 1 aliphatic heterocycles. The minimum Gasteiger partial charge on any atom is -0.287 e. The number of hydrazine groups is 1. The summed E-state index contributed by atoms with van der Waals surface area (Å²) in [5.41, 5.74) is 7.03. The highest BCUT2D eigenvalue weighted by molar-refractivity contribution is 6.33. The van der Waals surface area contributed by atoms with Gasteiger partial charge in [0.2, 0.25) is 5.91 Å². The molecular weight excluding hydrogens is 366 g/mol. The standard InChI is InChI=1S/C20H20ClN3O3/c1-12(2)13-7-9-14(10-8-13)24-18(25)11-17(20(24)27)22-23-19(26)15-5-3-4-6-16(15)21/h3-10,12,17,22H,11H2,1-2H3,(H,23,26)/t17-/m0/s1. The Balaban J connectivity index is 1.67. The van der Waals surface area contributed by atoms with Crippen LogP contribution < -0.4 is 15.8 Å². The van der Waals surface area contributed by atoms with E-state index in [9.17, 15) is 14.4 Å². The van der Waals surface area contributed by atoms with Crippen molar-refractivity contribution >= 4 is 35.0 Å². The lowest BCUT2D eigenvalue weighted by atomic mass is 10.0. The number of carbonyl (C=O) groups excluding carboxylic acids is 3. The van der Waals surface area contributed by atoms with E-state index in [1.165, 1.54) is 0 Å². The minimum absolute atomic E-state index is 0.0342. The fourth-order valence-electron chi connectivity index (χ4n) is 2.89. The molecule has 0 spiro atoms. The normalized spacial score (nSPS) is 16.9. The second-order valence-electron chi connectivity index (χ2n) is 6.65. The predicted molar refractivity (Wildman–Crippen MR) is 103 cm³/mol. The molecule has 3 amide bonds. The van der Waals surface area contributed by atoms with Crippen LogP contribution in [0.3, 0.4) is 0 Å². The third kappa shape index (κ3) is 4.02. The summed E-state index contributed by atoms with van der Waals surface area (Å²) in [7, 11) is 0. The number of rotatable bonds is 5. The van der Waals surface area contributed by atoms with E-state index in [4.69, 9.17) is 11.6 Å². The van der Waals surface area contributed by atoms with Gasteiger partial charge in [0, 0.05) is 0 Å². The molecule has 27 heavy (non-hydrogen) atoms. The molecule has 2 aromatic rings. The molecule has 2 N–H and O–H groups in total. The number of anilines is 1. The maximum Gasteiger partial charge on any atom is 0.266 e. The molecule has 6 nitrogen and oxygen atoms in total. The lowest BCUT2D eigenvalue weighted by molar-refractivity contribution is -0.121. The van der Waals surface area contributed by atoms with Crippen LogP contribution in [0.2, 0.25) is 5.02 Å². The van der Waals surface area contributed by atoms with Crippen LogP contribution in [-0.2, 0) is 9.59 Å². The molecule has 2 aromatic carbocycles. The van der Waals surface area contributed by atoms with Crippen LogP contribution in [0.5, 0.6) is 0 Å². The van der Waals surface area contributed by atoms with Crippen molar-refractivity contribution in [1.82, 2.24) is 10.9 Å². The number of hydrogen-bond donors (Lipinski definition) is 2. The number of amides is 3. The van der Waals surface area contributed by atoms with Crippen molar-refractivity contribution in [1.29, 1.82) is 0 Å². The van der Waals surface area contributed by atoms with E-state index < -0.39 is 17.9 Å². The monoisotopic (exact) mass is 385 g/mol. The number of carbonyl (C=O) groups is 3. The number of nitrogens with one attached hydrogen (secondary N) is 2. The first-order chi connectivity index (χ1) is 12.9. The van der Waals surface area contributed by atoms with Gasteiger partial charge in [0.1, 0.15) is 6.04 Å². The second-order valence-corrected chi connectivity index (χ2v) is 7.06. The number of halogens is 1. The van der Waals surface area contributed by atoms with Gasteiger partial charge in [0.25, 0.3) is 11.8 Å². The van der Waals surface area contributed by atoms with Gasteiger partial charge in [-0.15, -0.1) is 0 Å². The number of nitrogens with zero attached hydrogens (tertiary/aromatic N) is 1. The molecule has 1 heterocycles. The van der Waals surface area contributed by atoms with Crippen molar-refractivity contribution in [3.05, 3.63) is 64.7 Å². The van der Waals surface area contributed by atoms with Gasteiger partial charge in [-0.25, -0.2) is 10.3 Å². The number of hydrogen-bond acceptors (Lipinski definition) is 4. The lowest BCUT2D eigenvalue weighted by Gasteiger charge is -2.17. The summed E-state index contributed by atoms with van der Waals surface area (Å²) in [5, 5.41) is 0.303. The van der Waals surface area contributed by atoms with E-state index in [1.807, 2.05) is 12.1 Å². The van der Waals surface area contributed by atoms with Gasteiger partial charge in [-0.05, 0) is 35.7 Å². The molecule has 0 aromatic heterocycles. The molecule has 0 unspecified atom stereocenters. The molecule has 1 aliphatic rings. The van der Waals surface area contributed by atoms with E-state index in [-0.39, 0.29) is 17.9 Å². The second kappa shape index (κ2) is 7.90. The number of benzene rings is 2. The Kier molecular flexibility index (Phi) is 5.58. The van der Waals surface area contributed by atoms with E-state index >= 15 is 0 Å². The Morgan fingerprint density at radius 3 is 2.41 bits per heavy atom. The Morgan fingerprint density at radius 2 is 1.78 bits per heavy atom. The largest absolute Gasteiger partial charge is 0.287 e. The molecule has 7 heteroatoms. The molecule has 1 atom stereocenters. The SMILES string of the molecule is CC(C)c1ccc(N2C(=O)C[C@H](NNC(=O)c3ccccc3Cl)C2=O)cc1. The van der Waals surface area contributed by atoms with Crippen molar-refractivity contribution in [2.75, 3.05) is 4.90 Å². The molecule has 1 fully saturated rings. The smallest absolute Gasteiger partial charge is 0.266 e. The number of imide groups is 1. The van der Waals surface area contributed by atoms with E-state index in [0.717, 1.165) is 10.5 Å². The molecular formula is C20H20ClN3O3. The Hall–Kier alpha value is -2.70. The summed E-state index contributed by atoms with van der Waals surface area (Å²) >= 11 is 5.99. The summed E-state index contributed by atoms with van der Waals surface area (Å²) in [5.74, 6) is -0.836. The average molecular weight is 386 g/mol. The molecule has 1 saturated heterocycles. The Morgan fingerprint density at radius 1 is 1.11 bits per heavy atom. The van der Waals surface area contributed by atoms with E-state index in [0.29, 0.717) is 16.6 Å². The molecule has 0 radical (unpaired) electrons. The Bertz CT molecular complexity index is 880. The zero-order chi connectivity index (χ0) is 19.6. The first-order valence-electron chi connectivity index (χ1n) is 8.65. The summed E-state index contributed by atoms with van der Waals surface area (Å²) in [6.45, 7) is 4.14. The fourth-order valence-corrected chi connectivity index (χ4v) is 3.11. The highest BCUT2D eigenvalue weighted by Crippen LogP contribution is 2.25. The minimum atomic E-state index is -0.825. The van der Waals surface area contributed by atoms with Crippen molar-refractivity contribution in [3.8, 4) is 0 Å². The van der Waals surface area contributed by atoms with Crippen LogP contribution in [0.1, 0.15) is 42.1 Å². The van der Waals surface area contributed by atoms with Crippen molar-refractivity contribution < 1.29 is 14.4 Å². The van der Waals surface area contributed by atoms with Gasteiger partial charge < -0.3 is 0 Å². The van der Waals surface area contributed by atoms with Crippen LogP contribution >= 0.6 is 11.6 Å². The highest BCUT2D eigenvalue weighted by Gasteiger charge is 2.39. The molecule has 3 rings (SSSR count). The van der Waals surface area contributed by atoms with Gasteiger partial charge in [0.05, 0.1) is 22.7 Å². The van der Waals surface area contributed by atoms with Gasteiger partial charge in [0.15, 0.2) is 0 Å². The first-order valence-corrected chi connectivity index (χ1v) is 9.03. The summed E-state index contributed by atoms with van der Waals surface area (Å²) in [4.78, 5) is 38.3. The van der Waals surface area contributed by atoms with Gasteiger partial charge in [-0.2, -0.15) is 0 Å². The zero-order valence-electron chi connectivity index (χ0n) is 15.0. The van der Waals surface area contributed by atoms with Crippen molar-refractivity contribution in [3.63, 3.8) is 0 Å². The van der Waals surface area contributed by atoms with Gasteiger partial charge in [-0.1, -0.05) is 49.7 Å². The summed E-state index contributed by atoms with van der Waals surface area (Å²) in [6, 6.07) is 13.1. The lowest BCUT2D eigenvalue weighted by Crippen LogP contribution is -2.48. The van der Waals surface area contributed by atoms with Crippen LogP contribution in [0.25, 0.3) is 0 Å². The van der Waals surface area contributed by atoms with Crippen LogP contribution in [0.4, 0.5) is 5.69 Å². The van der Waals surface area contributed by atoms with Crippen molar-refractivity contribution in [2.45, 2.75) is 32.2 Å². The van der Waals surface area contributed by atoms with Crippen LogP contribution in [-0.4, -0.2) is 23.8 Å². The molecule has 0 saturated carbocycles. The maximum atomic E-state index is 12.6. The maximum absolute atomic E-state index is 12.6.